The summed E-state index contributed by atoms with van der Waals surface area (Å²) in [7, 11) is 1.51. The Kier molecular flexibility index (Phi) is 5.80. The second kappa shape index (κ2) is 8.84. The van der Waals surface area contributed by atoms with Crippen LogP contribution in [0.1, 0.15) is 29.3 Å². The van der Waals surface area contributed by atoms with Crippen molar-refractivity contribution < 1.29 is 9.53 Å². The van der Waals surface area contributed by atoms with E-state index in [-0.39, 0.29) is 5.56 Å². The van der Waals surface area contributed by atoms with Gasteiger partial charge < -0.3 is 20.8 Å². The standard InChI is InChI=1S/C23H22N6O3/c1-3-4-13-9-15(5-6-16(13)21(24)30)27-22-20-14(7-8-26-23(20)31)10-17(29-22)18-11-25-12-19(28-18)32-2/h5-12H,3-4H2,1-2H3,(H2,24,30)(H,26,31)(H,27,29). The van der Waals surface area contributed by atoms with Crippen LogP contribution in [0, 0.1) is 0 Å². The number of nitrogens with zero attached hydrogens (tertiary/aromatic N) is 3. The summed E-state index contributed by atoms with van der Waals surface area (Å²) < 4.78 is 5.17. The third-order valence-electron chi connectivity index (χ3n) is 4.99. The van der Waals surface area contributed by atoms with Gasteiger partial charge in [0, 0.05) is 17.4 Å². The number of nitrogens with one attached hydrogen (secondary N) is 2. The summed E-state index contributed by atoms with van der Waals surface area (Å²) in [6, 6.07) is 8.84. The van der Waals surface area contributed by atoms with E-state index >= 15 is 0 Å². The number of methoxy groups -OCH3 is 1. The summed E-state index contributed by atoms with van der Waals surface area (Å²) in [4.78, 5) is 40.2. The quantitative estimate of drug-likeness (QED) is 0.410. The maximum absolute atomic E-state index is 12.6. The van der Waals surface area contributed by atoms with E-state index in [1.807, 2.05) is 13.0 Å². The number of aromatic nitrogens is 4. The number of H-pyrrole nitrogens is 1. The number of carbonyl (C=O) groups is 1. The molecule has 0 aliphatic rings. The lowest BCUT2D eigenvalue weighted by molar-refractivity contribution is 0.0999. The molecule has 3 aromatic heterocycles. The predicted molar refractivity (Wildman–Crippen MR) is 122 cm³/mol. The van der Waals surface area contributed by atoms with Gasteiger partial charge in [-0.05, 0) is 47.7 Å². The molecule has 0 atom stereocenters. The van der Waals surface area contributed by atoms with Gasteiger partial charge in [-0.15, -0.1) is 0 Å². The van der Waals surface area contributed by atoms with Gasteiger partial charge in [-0.2, -0.15) is 0 Å². The van der Waals surface area contributed by atoms with E-state index < -0.39 is 5.91 Å². The number of rotatable bonds is 7. The van der Waals surface area contributed by atoms with Crippen LogP contribution < -0.4 is 21.3 Å². The number of aromatic amines is 1. The van der Waals surface area contributed by atoms with E-state index in [1.54, 1.807) is 36.7 Å². The van der Waals surface area contributed by atoms with Crippen molar-refractivity contribution in [3.63, 3.8) is 0 Å². The fourth-order valence-corrected chi connectivity index (χ4v) is 3.53. The van der Waals surface area contributed by atoms with Crippen LogP contribution in [0.5, 0.6) is 5.88 Å². The number of ether oxygens (including phenoxy) is 1. The first-order valence-corrected chi connectivity index (χ1v) is 10.1. The lowest BCUT2D eigenvalue weighted by Gasteiger charge is -2.13. The summed E-state index contributed by atoms with van der Waals surface area (Å²) in [5.41, 5.74) is 8.26. The maximum atomic E-state index is 12.6. The molecule has 0 aliphatic heterocycles. The molecule has 1 aromatic carbocycles. The van der Waals surface area contributed by atoms with E-state index in [2.05, 4.69) is 25.3 Å². The van der Waals surface area contributed by atoms with E-state index in [1.165, 1.54) is 13.3 Å². The molecule has 9 nitrogen and oxygen atoms in total. The molecule has 1 amide bonds. The molecule has 0 radical (unpaired) electrons. The number of benzene rings is 1. The van der Waals surface area contributed by atoms with Crippen molar-refractivity contribution >= 4 is 28.2 Å². The third kappa shape index (κ3) is 4.13. The minimum atomic E-state index is -0.474. The average molecular weight is 430 g/mol. The summed E-state index contributed by atoms with van der Waals surface area (Å²) in [6.45, 7) is 2.03. The largest absolute Gasteiger partial charge is 0.480 e. The molecule has 9 heteroatoms. The second-order valence-electron chi connectivity index (χ2n) is 7.18. The number of hydrogen-bond donors (Lipinski definition) is 3. The van der Waals surface area contributed by atoms with Crippen molar-refractivity contribution in [3.05, 3.63) is 70.4 Å². The van der Waals surface area contributed by atoms with Crippen LogP contribution in [0.25, 0.3) is 22.2 Å². The first-order chi connectivity index (χ1) is 15.5. The molecule has 32 heavy (non-hydrogen) atoms. The Bertz CT molecular complexity index is 1370. The van der Waals surface area contributed by atoms with Crippen LogP contribution in [-0.4, -0.2) is 33.0 Å². The highest BCUT2D eigenvalue weighted by Gasteiger charge is 2.14. The van der Waals surface area contributed by atoms with Crippen LogP contribution in [-0.2, 0) is 6.42 Å². The van der Waals surface area contributed by atoms with E-state index in [0.29, 0.717) is 51.5 Å². The van der Waals surface area contributed by atoms with Crippen LogP contribution in [0.4, 0.5) is 11.5 Å². The number of anilines is 2. The molecular weight excluding hydrogens is 408 g/mol. The fraction of sp³-hybridized carbons (Fsp3) is 0.174. The molecular formula is C23H22N6O3. The van der Waals surface area contributed by atoms with Gasteiger partial charge in [0.25, 0.3) is 5.56 Å². The second-order valence-corrected chi connectivity index (χ2v) is 7.18. The zero-order chi connectivity index (χ0) is 22.7. The van der Waals surface area contributed by atoms with Crippen molar-refractivity contribution in [1.82, 2.24) is 19.9 Å². The van der Waals surface area contributed by atoms with Crippen LogP contribution in [0.3, 0.4) is 0 Å². The smallest absolute Gasteiger partial charge is 0.259 e. The molecule has 0 aliphatic carbocycles. The first-order valence-electron chi connectivity index (χ1n) is 10.1. The van der Waals surface area contributed by atoms with E-state index in [0.717, 1.165) is 12.0 Å². The number of amides is 1. The van der Waals surface area contributed by atoms with Crippen LogP contribution in [0.2, 0.25) is 0 Å². The molecule has 162 valence electrons. The Labute approximate surface area is 183 Å². The summed E-state index contributed by atoms with van der Waals surface area (Å²) in [6.07, 6.45) is 6.21. The zero-order valence-electron chi connectivity index (χ0n) is 17.7. The third-order valence-corrected chi connectivity index (χ3v) is 4.99. The van der Waals surface area contributed by atoms with Gasteiger partial charge in [-0.3, -0.25) is 14.6 Å². The van der Waals surface area contributed by atoms with Crippen molar-refractivity contribution in [1.29, 1.82) is 0 Å². The average Bonchev–Trinajstić information content (AvgIpc) is 2.79. The van der Waals surface area contributed by atoms with Crippen LogP contribution in [0.15, 0.2) is 53.7 Å². The van der Waals surface area contributed by atoms with Gasteiger partial charge in [-0.25, -0.2) is 9.97 Å². The molecule has 4 N–H and O–H groups in total. The van der Waals surface area contributed by atoms with Crippen molar-refractivity contribution in [2.75, 3.05) is 12.4 Å². The number of fused-ring (bicyclic) bond motifs is 1. The van der Waals surface area contributed by atoms with Gasteiger partial charge in [0.2, 0.25) is 11.8 Å². The minimum Gasteiger partial charge on any atom is -0.480 e. The maximum Gasteiger partial charge on any atom is 0.259 e. The fourth-order valence-electron chi connectivity index (χ4n) is 3.53. The molecule has 0 bridgehead atoms. The Morgan fingerprint density at radius 1 is 1.16 bits per heavy atom. The normalized spacial score (nSPS) is 10.8. The zero-order valence-corrected chi connectivity index (χ0v) is 17.7. The minimum absolute atomic E-state index is 0.275. The van der Waals surface area contributed by atoms with Crippen molar-refractivity contribution in [3.8, 4) is 17.3 Å². The van der Waals surface area contributed by atoms with Gasteiger partial charge in [0.1, 0.15) is 11.5 Å². The number of nitrogens with two attached hydrogens (primary N) is 1. The topological polar surface area (TPSA) is 136 Å². The van der Waals surface area contributed by atoms with Gasteiger partial charge >= 0.3 is 0 Å². The van der Waals surface area contributed by atoms with Crippen molar-refractivity contribution in [2.45, 2.75) is 19.8 Å². The number of aryl methyl sites for hydroxylation is 1. The lowest BCUT2D eigenvalue weighted by atomic mass is 10.0. The molecule has 0 fully saturated rings. The number of pyridine rings is 2. The van der Waals surface area contributed by atoms with Gasteiger partial charge in [0.05, 0.1) is 30.6 Å². The first kappa shape index (κ1) is 21.0. The highest BCUT2D eigenvalue weighted by molar-refractivity contribution is 5.96. The summed E-state index contributed by atoms with van der Waals surface area (Å²) in [5.74, 6) is 0.243. The molecule has 0 unspecified atom stereocenters. The van der Waals surface area contributed by atoms with Gasteiger partial charge in [0.15, 0.2) is 0 Å². The van der Waals surface area contributed by atoms with Crippen molar-refractivity contribution in [2.24, 2.45) is 5.73 Å². The Morgan fingerprint density at radius 3 is 2.75 bits per heavy atom. The molecule has 4 aromatic rings. The molecule has 0 saturated heterocycles. The Balaban J connectivity index is 1.85. The van der Waals surface area contributed by atoms with E-state index in [4.69, 9.17) is 10.5 Å². The molecule has 3 heterocycles. The Hall–Kier alpha value is -4.27. The lowest BCUT2D eigenvalue weighted by Crippen LogP contribution is -2.14. The number of primary amides is 1. The monoisotopic (exact) mass is 430 g/mol. The van der Waals surface area contributed by atoms with Crippen LogP contribution >= 0.6 is 0 Å². The molecule has 0 spiro atoms. The number of hydrogen-bond acceptors (Lipinski definition) is 7. The van der Waals surface area contributed by atoms with E-state index in [9.17, 15) is 9.59 Å². The van der Waals surface area contributed by atoms with Gasteiger partial charge in [-0.1, -0.05) is 13.3 Å². The molecule has 4 rings (SSSR count). The highest BCUT2D eigenvalue weighted by Crippen LogP contribution is 2.28. The Morgan fingerprint density at radius 2 is 2.00 bits per heavy atom. The SMILES string of the molecule is CCCc1cc(Nc2nc(-c3cncc(OC)n3)cc3cc[nH]c(=O)c23)ccc1C(N)=O. The summed E-state index contributed by atoms with van der Waals surface area (Å²) >= 11 is 0. The predicted octanol–water partition coefficient (Wildman–Crippen LogP) is 3.18. The molecule has 0 saturated carbocycles. The summed E-state index contributed by atoms with van der Waals surface area (Å²) in [5, 5.41) is 4.32. The highest BCUT2D eigenvalue weighted by atomic mass is 16.5. The number of carbonyl (C=O) groups excluding carboxylic acids is 1.